The van der Waals surface area contributed by atoms with Crippen molar-refractivity contribution in [2.75, 3.05) is 0 Å². The minimum Gasteiger partial charge on any atom is -0.384 e. The standard InChI is InChI=1S/C15H14BrClO/c1-9-6-12(7-10(2)14(9)17)15(18)11-4-3-5-13(16)8-11/h3-8,15,18H,1-2H3/t15-/m0/s1. The quantitative estimate of drug-likeness (QED) is 0.841. The molecule has 2 rings (SSSR count). The van der Waals surface area contributed by atoms with E-state index in [0.717, 1.165) is 31.7 Å². The number of aliphatic hydroxyl groups is 1. The Morgan fingerprint density at radius 1 is 1.06 bits per heavy atom. The Bertz CT molecular complexity index is 557. The van der Waals surface area contributed by atoms with Crippen LogP contribution in [-0.4, -0.2) is 5.11 Å². The van der Waals surface area contributed by atoms with E-state index in [1.165, 1.54) is 0 Å². The maximum atomic E-state index is 10.4. The van der Waals surface area contributed by atoms with Gasteiger partial charge in [0.25, 0.3) is 0 Å². The van der Waals surface area contributed by atoms with E-state index >= 15 is 0 Å². The molecule has 2 aromatic rings. The molecule has 0 aliphatic rings. The van der Waals surface area contributed by atoms with Crippen LogP contribution in [0.1, 0.15) is 28.4 Å². The molecule has 18 heavy (non-hydrogen) atoms. The molecule has 0 heterocycles. The predicted molar refractivity (Wildman–Crippen MR) is 79.1 cm³/mol. The number of halogens is 2. The molecule has 0 aliphatic heterocycles. The van der Waals surface area contributed by atoms with Crippen molar-refractivity contribution in [2.24, 2.45) is 0 Å². The summed E-state index contributed by atoms with van der Waals surface area (Å²) in [4.78, 5) is 0. The van der Waals surface area contributed by atoms with Crippen molar-refractivity contribution >= 4 is 27.5 Å². The summed E-state index contributed by atoms with van der Waals surface area (Å²) < 4.78 is 0.960. The first kappa shape index (κ1) is 13.6. The molecule has 0 amide bonds. The normalized spacial score (nSPS) is 12.5. The van der Waals surface area contributed by atoms with Gasteiger partial charge in [-0.25, -0.2) is 0 Å². The van der Waals surface area contributed by atoms with E-state index in [-0.39, 0.29) is 0 Å². The molecule has 0 spiro atoms. The van der Waals surface area contributed by atoms with Crippen LogP contribution in [0.25, 0.3) is 0 Å². The van der Waals surface area contributed by atoms with Crippen LogP contribution in [0.15, 0.2) is 40.9 Å². The highest BCUT2D eigenvalue weighted by Crippen LogP contribution is 2.29. The van der Waals surface area contributed by atoms with Crippen molar-refractivity contribution in [1.29, 1.82) is 0 Å². The van der Waals surface area contributed by atoms with E-state index in [9.17, 15) is 5.11 Å². The molecule has 94 valence electrons. The summed E-state index contributed by atoms with van der Waals surface area (Å²) in [5.74, 6) is 0. The summed E-state index contributed by atoms with van der Waals surface area (Å²) in [7, 11) is 0. The van der Waals surface area contributed by atoms with Crippen LogP contribution in [0, 0.1) is 13.8 Å². The van der Waals surface area contributed by atoms with Crippen molar-refractivity contribution in [1.82, 2.24) is 0 Å². The molecule has 3 heteroatoms. The van der Waals surface area contributed by atoms with Crippen LogP contribution >= 0.6 is 27.5 Å². The van der Waals surface area contributed by atoms with Crippen molar-refractivity contribution in [3.05, 3.63) is 68.1 Å². The molecule has 0 saturated carbocycles. The Labute approximate surface area is 121 Å². The lowest BCUT2D eigenvalue weighted by Gasteiger charge is -2.14. The highest BCUT2D eigenvalue weighted by atomic mass is 79.9. The van der Waals surface area contributed by atoms with Crippen molar-refractivity contribution in [3.8, 4) is 0 Å². The topological polar surface area (TPSA) is 20.2 Å². The Hall–Kier alpha value is -0.830. The largest absolute Gasteiger partial charge is 0.384 e. The zero-order valence-electron chi connectivity index (χ0n) is 10.2. The molecular weight excluding hydrogens is 312 g/mol. The molecule has 0 bridgehead atoms. The van der Waals surface area contributed by atoms with Gasteiger partial charge >= 0.3 is 0 Å². The molecule has 0 unspecified atom stereocenters. The first-order valence-electron chi connectivity index (χ1n) is 5.69. The Kier molecular flexibility index (Phi) is 4.10. The van der Waals surface area contributed by atoms with Gasteiger partial charge in [-0.1, -0.05) is 51.8 Å². The SMILES string of the molecule is Cc1cc([C@@H](O)c2cccc(Br)c2)cc(C)c1Cl. The molecule has 0 fully saturated rings. The molecule has 0 aromatic heterocycles. The van der Waals surface area contributed by atoms with Gasteiger partial charge in [-0.3, -0.25) is 0 Å². The molecule has 1 nitrogen and oxygen atoms in total. The van der Waals surface area contributed by atoms with E-state index < -0.39 is 6.10 Å². The first-order chi connectivity index (χ1) is 8.49. The second-order valence-electron chi connectivity index (χ2n) is 4.43. The smallest absolute Gasteiger partial charge is 0.104 e. The molecular formula is C15H14BrClO. The summed E-state index contributed by atoms with van der Waals surface area (Å²) >= 11 is 9.55. The van der Waals surface area contributed by atoms with Gasteiger partial charge in [0, 0.05) is 9.50 Å². The van der Waals surface area contributed by atoms with Gasteiger partial charge in [0.2, 0.25) is 0 Å². The molecule has 1 N–H and O–H groups in total. The van der Waals surface area contributed by atoms with E-state index in [4.69, 9.17) is 11.6 Å². The minimum atomic E-state index is -0.628. The monoisotopic (exact) mass is 324 g/mol. The maximum absolute atomic E-state index is 10.4. The van der Waals surface area contributed by atoms with Crippen LogP contribution in [0.4, 0.5) is 0 Å². The number of rotatable bonds is 2. The maximum Gasteiger partial charge on any atom is 0.104 e. The predicted octanol–water partition coefficient (Wildman–Crippen LogP) is 4.80. The fourth-order valence-corrected chi connectivity index (χ4v) is 2.53. The molecule has 2 aromatic carbocycles. The number of hydrogen-bond donors (Lipinski definition) is 1. The van der Waals surface area contributed by atoms with Gasteiger partial charge in [0.1, 0.15) is 6.10 Å². The lowest BCUT2D eigenvalue weighted by molar-refractivity contribution is 0.220. The molecule has 0 saturated heterocycles. The third-order valence-electron chi connectivity index (χ3n) is 2.94. The van der Waals surface area contributed by atoms with Gasteiger partial charge in [-0.15, -0.1) is 0 Å². The van der Waals surface area contributed by atoms with Gasteiger partial charge < -0.3 is 5.11 Å². The van der Waals surface area contributed by atoms with E-state index in [1.54, 1.807) is 0 Å². The third-order valence-corrected chi connectivity index (χ3v) is 4.03. The minimum absolute atomic E-state index is 0.628. The molecule has 0 radical (unpaired) electrons. The zero-order chi connectivity index (χ0) is 13.3. The van der Waals surface area contributed by atoms with Crippen molar-refractivity contribution in [3.63, 3.8) is 0 Å². The fourth-order valence-electron chi connectivity index (χ4n) is 2.01. The van der Waals surface area contributed by atoms with Crippen LogP contribution in [0.2, 0.25) is 5.02 Å². The highest BCUT2D eigenvalue weighted by Gasteiger charge is 2.13. The second kappa shape index (κ2) is 5.43. The Morgan fingerprint density at radius 3 is 2.22 bits per heavy atom. The van der Waals surface area contributed by atoms with E-state index in [0.29, 0.717) is 0 Å². The molecule has 1 atom stereocenters. The van der Waals surface area contributed by atoms with Gasteiger partial charge in [-0.05, 0) is 48.2 Å². The summed E-state index contributed by atoms with van der Waals surface area (Å²) in [6.45, 7) is 3.90. The third kappa shape index (κ3) is 2.77. The Morgan fingerprint density at radius 2 is 1.67 bits per heavy atom. The highest BCUT2D eigenvalue weighted by molar-refractivity contribution is 9.10. The Balaban J connectivity index is 2.43. The van der Waals surface area contributed by atoms with Gasteiger partial charge in [0.05, 0.1) is 0 Å². The summed E-state index contributed by atoms with van der Waals surface area (Å²) in [5, 5.41) is 11.2. The summed E-state index contributed by atoms with van der Waals surface area (Å²) in [5.41, 5.74) is 3.71. The lowest BCUT2D eigenvalue weighted by Crippen LogP contribution is -2.01. The number of aryl methyl sites for hydroxylation is 2. The van der Waals surface area contributed by atoms with Crippen molar-refractivity contribution < 1.29 is 5.11 Å². The van der Waals surface area contributed by atoms with E-state index in [2.05, 4.69) is 15.9 Å². The van der Waals surface area contributed by atoms with Crippen LogP contribution in [-0.2, 0) is 0 Å². The van der Waals surface area contributed by atoms with Gasteiger partial charge in [-0.2, -0.15) is 0 Å². The van der Waals surface area contributed by atoms with Crippen LogP contribution in [0.3, 0.4) is 0 Å². The fraction of sp³-hybridized carbons (Fsp3) is 0.200. The summed E-state index contributed by atoms with van der Waals surface area (Å²) in [6, 6.07) is 11.5. The van der Waals surface area contributed by atoms with Crippen LogP contribution < -0.4 is 0 Å². The van der Waals surface area contributed by atoms with E-state index in [1.807, 2.05) is 50.2 Å². The van der Waals surface area contributed by atoms with Gasteiger partial charge in [0.15, 0.2) is 0 Å². The lowest BCUT2D eigenvalue weighted by atomic mass is 9.98. The number of hydrogen-bond acceptors (Lipinski definition) is 1. The zero-order valence-corrected chi connectivity index (χ0v) is 12.6. The van der Waals surface area contributed by atoms with Crippen molar-refractivity contribution in [2.45, 2.75) is 20.0 Å². The average Bonchev–Trinajstić information content (AvgIpc) is 2.34. The average molecular weight is 326 g/mol. The second-order valence-corrected chi connectivity index (χ2v) is 5.72. The molecule has 0 aliphatic carbocycles. The number of aliphatic hydroxyl groups excluding tert-OH is 1. The number of benzene rings is 2. The first-order valence-corrected chi connectivity index (χ1v) is 6.86. The van der Waals surface area contributed by atoms with Crippen LogP contribution in [0.5, 0.6) is 0 Å². The summed E-state index contributed by atoms with van der Waals surface area (Å²) in [6.07, 6.45) is -0.628.